The van der Waals surface area contributed by atoms with Crippen LogP contribution in [-0.4, -0.2) is 43.6 Å². The maximum atomic E-state index is 12.8. The average molecular weight is 378 g/mol. The molecule has 2 amide bonds. The molecule has 8 heteroatoms. The number of piperidine rings is 1. The molecule has 1 aliphatic heterocycles. The van der Waals surface area contributed by atoms with Crippen LogP contribution in [0.15, 0.2) is 41.3 Å². The van der Waals surface area contributed by atoms with Gasteiger partial charge in [0.05, 0.1) is 12.2 Å². The highest BCUT2D eigenvalue weighted by Gasteiger charge is 2.28. The van der Waals surface area contributed by atoms with Gasteiger partial charge in [-0.25, -0.2) is 4.79 Å². The van der Waals surface area contributed by atoms with Gasteiger partial charge in [0.1, 0.15) is 4.90 Å². The molecule has 0 aromatic heterocycles. The first-order chi connectivity index (χ1) is 12.3. The minimum Gasteiger partial charge on any atom is -0.389 e. The molecule has 1 saturated heterocycles. The molecular weight excluding hydrogens is 356 g/mol. The fourth-order valence-corrected chi connectivity index (χ4v) is 4.62. The Morgan fingerprint density at radius 1 is 1.19 bits per heavy atom. The Hall–Kier alpha value is -2.16. The summed E-state index contributed by atoms with van der Waals surface area (Å²) in [5, 5.41) is 11.1. The standard InChI is InChI=1S/C18H22N2O5S/c1-12(21)14-6-7-17(16-5-3-2-4-15(14)16)26(23,24)25-13-8-10-20(11-9-13)18(19)22/h2-7,12-13,21H,8-11H2,1H3,(H2,19,22). The van der Waals surface area contributed by atoms with Gasteiger partial charge >= 0.3 is 6.03 Å². The zero-order chi connectivity index (χ0) is 18.9. The molecule has 7 nitrogen and oxygen atoms in total. The number of nitrogens with two attached hydrogens (primary N) is 1. The molecule has 2 aromatic carbocycles. The molecule has 0 radical (unpaired) electrons. The summed E-state index contributed by atoms with van der Waals surface area (Å²) >= 11 is 0. The van der Waals surface area contributed by atoms with Gasteiger partial charge in [-0.3, -0.25) is 4.18 Å². The average Bonchev–Trinajstić information content (AvgIpc) is 2.60. The molecule has 3 N–H and O–H groups in total. The molecule has 2 aromatic rings. The summed E-state index contributed by atoms with van der Waals surface area (Å²) in [7, 11) is -3.98. The minimum absolute atomic E-state index is 0.0785. The van der Waals surface area contributed by atoms with Gasteiger partial charge in [0, 0.05) is 18.5 Å². The molecule has 1 atom stereocenters. The van der Waals surface area contributed by atoms with E-state index in [-0.39, 0.29) is 4.90 Å². The molecular formula is C18H22N2O5S. The Balaban J connectivity index is 1.89. The number of primary amides is 1. The number of nitrogens with zero attached hydrogens (tertiary/aromatic N) is 1. The number of hydrogen-bond donors (Lipinski definition) is 2. The highest BCUT2D eigenvalue weighted by Crippen LogP contribution is 2.31. The normalized spacial score (nSPS) is 17.4. The monoisotopic (exact) mass is 378 g/mol. The first kappa shape index (κ1) is 18.6. The fourth-order valence-electron chi connectivity index (χ4n) is 3.28. The van der Waals surface area contributed by atoms with Crippen LogP contribution in [0.5, 0.6) is 0 Å². The van der Waals surface area contributed by atoms with Gasteiger partial charge in [-0.2, -0.15) is 8.42 Å². The Morgan fingerprint density at radius 2 is 1.81 bits per heavy atom. The van der Waals surface area contributed by atoms with Gasteiger partial charge < -0.3 is 15.7 Å². The van der Waals surface area contributed by atoms with Crippen LogP contribution in [-0.2, 0) is 14.3 Å². The molecule has 1 unspecified atom stereocenters. The van der Waals surface area contributed by atoms with Crippen LogP contribution < -0.4 is 5.73 Å². The third kappa shape index (κ3) is 3.67. The number of urea groups is 1. The van der Waals surface area contributed by atoms with Crippen LogP contribution in [0.2, 0.25) is 0 Å². The van der Waals surface area contributed by atoms with E-state index in [2.05, 4.69) is 0 Å². The van der Waals surface area contributed by atoms with Gasteiger partial charge in [0.15, 0.2) is 0 Å². The van der Waals surface area contributed by atoms with E-state index < -0.39 is 28.4 Å². The van der Waals surface area contributed by atoms with Gasteiger partial charge in [-0.1, -0.05) is 30.3 Å². The van der Waals surface area contributed by atoms with Crippen molar-refractivity contribution >= 4 is 26.9 Å². The highest BCUT2D eigenvalue weighted by molar-refractivity contribution is 7.87. The zero-order valence-electron chi connectivity index (χ0n) is 14.5. The molecule has 0 aliphatic carbocycles. The highest BCUT2D eigenvalue weighted by atomic mass is 32.2. The van der Waals surface area contributed by atoms with Crippen molar-refractivity contribution in [3.05, 3.63) is 42.0 Å². The van der Waals surface area contributed by atoms with Crippen molar-refractivity contribution < 1.29 is 22.5 Å². The van der Waals surface area contributed by atoms with E-state index in [9.17, 15) is 18.3 Å². The van der Waals surface area contributed by atoms with Crippen molar-refractivity contribution in [2.75, 3.05) is 13.1 Å². The minimum atomic E-state index is -3.98. The Kier molecular flexibility index (Phi) is 5.17. The van der Waals surface area contributed by atoms with Gasteiger partial charge in [0.2, 0.25) is 0 Å². The van der Waals surface area contributed by atoms with Crippen LogP contribution >= 0.6 is 0 Å². The van der Waals surface area contributed by atoms with Gasteiger partial charge in [-0.15, -0.1) is 0 Å². The number of rotatable bonds is 4. The van der Waals surface area contributed by atoms with Gasteiger partial charge in [0.25, 0.3) is 10.1 Å². The predicted octanol–water partition coefficient (Wildman–Crippen LogP) is 2.14. The first-order valence-electron chi connectivity index (χ1n) is 8.47. The van der Waals surface area contributed by atoms with E-state index in [0.29, 0.717) is 42.3 Å². The second-order valence-electron chi connectivity index (χ2n) is 6.45. The topological polar surface area (TPSA) is 110 Å². The summed E-state index contributed by atoms with van der Waals surface area (Å²) in [6.45, 7) is 2.38. The molecule has 1 fully saturated rings. The lowest BCUT2D eigenvalue weighted by molar-refractivity contribution is 0.119. The van der Waals surface area contributed by atoms with Crippen molar-refractivity contribution in [3.8, 4) is 0 Å². The van der Waals surface area contributed by atoms with E-state index >= 15 is 0 Å². The largest absolute Gasteiger partial charge is 0.389 e. The molecule has 26 heavy (non-hydrogen) atoms. The number of aliphatic hydroxyl groups is 1. The smallest absolute Gasteiger partial charge is 0.314 e. The lowest BCUT2D eigenvalue weighted by Crippen LogP contribution is -2.43. The summed E-state index contributed by atoms with van der Waals surface area (Å²) in [5.41, 5.74) is 5.90. The summed E-state index contributed by atoms with van der Waals surface area (Å²) in [6.07, 6.45) is -0.390. The summed E-state index contributed by atoms with van der Waals surface area (Å²) < 4.78 is 31.1. The molecule has 0 bridgehead atoms. The van der Waals surface area contributed by atoms with Crippen molar-refractivity contribution in [2.24, 2.45) is 5.73 Å². The molecule has 3 rings (SSSR count). The van der Waals surface area contributed by atoms with Crippen LogP contribution in [0.4, 0.5) is 4.79 Å². The van der Waals surface area contributed by atoms with Crippen molar-refractivity contribution in [1.29, 1.82) is 0 Å². The number of fused-ring (bicyclic) bond motifs is 1. The van der Waals surface area contributed by atoms with Gasteiger partial charge in [-0.05, 0) is 36.8 Å². The third-order valence-corrected chi connectivity index (χ3v) is 6.07. The number of hydrogen-bond acceptors (Lipinski definition) is 5. The molecule has 0 saturated carbocycles. The maximum Gasteiger partial charge on any atom is 0.314 e. The predicted molar refractivity (Wildman–Crippen MR) is 97.0 cm³/mol. The Labute approximate surface area is 152 Å². The molecule has 1 aliphatic rings. The molecule has 1 heterocycles. The quantitative estimate of drug-likeness (QED) is 0.792. The summed E-state index contributed by atoms with van der Waals surface area (Å²) in [6, 6.07) is 9.60. The van der Waals surface area contributed by atoms with Crippen LogP contribution in [0.3, 0.4) is 0 Å². The number of likely N-dealkylation sites (tertiary alicyclic amines) is 1. The van der Waals surface area contributed by atoms with Crippen molar-refractivity contribution in [2.45, 2.75) is 36.9 Å². The second-order valence-corrected chi connectivity index (χ2v) is 7.99. The second kappa shape index (κ2) is 7.22. The lowest BCUT2D eigenvalue weighted by atomic mass is 10.0. The lowest BCUT2D eigenvalue weighted by Gasteiger charge is -2.30. The van der Waals surface area contributed by atoms with Crippen LogP contribution in [0.1, 0.15) is 31.4 Å². The number of benzene rings is 2. The van der Waals surface area contributed by atoms with E-state index in [1.807, 2.05) is 0 Å². The number of carbonyl (C=O) groups is 1. The Bertz CT molecular complexity index is 918. The van der Waals surface area contributed by atoms with Crippen molar-refractivity contribution in [3.63, 3.8) is 0 Å². The Morgan fingerprint density at radius 3 is 2.38 bits per heavy atom. The summed E-state index contributed by atoms with van der Waals surface area (Å²) in [5.74, 6) is 0. The molecule has 0 spiro atoms. The SMILES string of the molecule is CC(O)c1ccc(S(=O)(=O)OC2CCN(C(N)=O)CC2)c2ccccc12. The third-order valence-electron chi connectivity index (χ3n) is 4.65. The van der Waals surface area contributed by atoms with Crippen molar-refractivity contribution in [1.82, 2.24) is 4.90 Å². The number of amides is 2. The van der Waals surface area contributed by atoms with Crippen LogP contribution in [0.25, 0.3) is 10.8 Å². The zero-order valence-corrected chi connectivity index (χ0v) is 15.3. The number of carbonyl (C=O) groups excluding carboxylic acids is 1. The van der Waals surface area contributed by atoms with E-state index in [4.69, 9.17) is 9.92 Å². The van der Waals surface area contributed by atoms with E-state index in [0.717, 1.165) is 0 Å². The van der Waals surface area contributed by atoms with E-state index in [1.54, 1.807) is 37.3 Å². The van der Waals surface area contributed by atoms with Crippen LogP contribution in [0, 0.1) is 0 Å². The summed E-state index contributed by atoms with van der Waals surface area (Å²) in [4.78, 5) is 12.7. The maximum absolute atomic E-state index is 12.8. The van der Waals surface area contributed by atoms with E-state index in [1.165, 1.54) is 11.0 Å². The molecule has 140 valence electrons. The first-order valence-corrected chi connectivity index (χ1v) is 9.88. The number of aliphatic hydroxyl groups excluding tert-OH is 1. The fraction of sp³-hybridized carbons (Fsp3) is 0.389.